The van der Waals surface area contributed by atoms with Crippen LogP contribution in [-0.4, -0.2) is 0 Å². The monoisotopic (exact) mass is 250 g/mol. The topological polar surface area (TPSA) is 9.23 Å². The summed E-state index contributed by atoms with van der Waals surface area (Å²) in [5.74, 6) is 1.39. The van der Waals surface area contributed by atoms with Gasteiger partial charge >= 0.3 is 0 Å². The van der Waals surface area contributed by atoms with Gasteiger partial charge in [-0.25, -0.2) is 0 Å². The molecule has 1 aromatic rings. The summed E-state index contributed by atoms with van der Waals surface area (Å²) in [4.78, 5) is 0. The number of ether oxygens (including phenoxy) is 1. The first-order valence-corrected chi connectivity index (χ1v) is 6.36. The van der Waals surface area contributed by atoms with Gasteiger partial charge in [0.15, 0.2) is 0 Å². The third-order valence-electron chi connectivity index (χ3n) is 2.97. The van der Waals surface area contributed by atoms with E-state index in [0.29, 0.717) is 5.76 Å². The number of benzene rings is 1. The zero-order valence-corrected chi connectivity index (χ0v) is 11.2. The van der Waals surface area contributed by atoms with E-state index in [2.05, 4.69) is 37.4 Å². The molecule has 0 aliphatic carbocycles. The molecule has 0 N–H and O–H groups in total. The minimum Gasteiger partial charge on any atom is -0.458 e. The minimum absolute atomic E-state index is 0.625. The molecule has 0 saturated heterocycles. The third kappa shape index (κ3) is 3.14. The maximum atomic E-state index is 5.78. The van der Waals surface area contributed by atoms with Gasteiger partial charge in [-0.2, -0.15) is 0 Å². The largest absolute Gasteiger partial charge is 0.458 e. The first kappa shape index (κ1) is 13.2. The number of hydrogen-bond acceptors (Lipinski definition) is 1. The number of allylic oxidation sites excluding steroid dienone is 5. The molecule has 1 aromatic carbocycles. The van der Waals surface area contributed by atoms with Crippen LogP contribution < -0.4 is 10.4 Å². The van der Waals surface area contributed by atoms with E-state index in [4.69, 9.17) is 4.74 Å². The van der Waals surface area contributed by atoms with Crippen LogP contribution in [0.5, 0.6) is 0 Å². The summed E-state index contributed by atoms with van der Waals surface area (Å²) < 4.78 is 5.78. The predicted molar refractivity (Wildman–Crippen MR) is 81.5 cm³/mol. The Morgan fingerprint density at radius 3 is 2.63 bits per heavy atom. The molecule has 1 nitrogen and oxygen atoms in total. The van der Waals surface area contributed by atoms with Crippen molar-refractivity contribution < 1.29 is 4.74 Å². The van der Waals surface area contributed by atoms with Gasteiger partial charge in [0.2, 0.25) is 0 Å². The number of hydrogen-bond donors (Lipinski definition) is 0. The van der Waals surface area contributed by atoms with Gasteiger partial charge < -0.3 is 4.74 Å². The zero-order chi connectivity index (χ0) is 13.7. The van der Waals surface area contributed by atoms with Crippen molar-refractivity contribution in [3.63, 3.8) is 0 Å². The predicted octanol–water partition coefficient (Wildman–Crippen LogP) is 3.20. The van der Waals surface area contributed by atoms with Gasteiger partial charge in [0.25, 0.3) is 0 Å². The third-order valence-corrected chi connectivity index (χ3v) is 2.97. The molecule has 0 radical (unpaired) electrons. The van der Waals surface area contributed by atoms with E-state index in [0.717, 1.165) is 23.0 Å². The molecule has 2 rings (SSSR count). The van der Waals surface area contributed by atoms with Gasteiger partial charge in [-0.05, 0) is 41.5 Å². The summed E-state index contributed by atoms with van der Waals surface area (Å²) in [6.45, 7) is 9.76. The summed E-state index contributed by atoms with van der Waals surface area (Å²) in [5, 5.41) is 2.32. The van der Waals surface area contributed by atoms with Crippen molar-refractivity contribution >= 4 is 12.2 Å². The fraction of sp³-hybridized carbons (Fsp3) is 0.111. The van der Waals surface area contributed by atoms with Crippen LogP contribution in [0.15, 0.2) is 72.7 Å². The Morgan fingerprint density at radius 1 is 1.21 bits per heavy atom. The Hall–Kier alpha value is -2.28. The molecule has 1 aliphatic heterocycles. The maximum absolute atomic E-state index is 5.78. The highest BCUT2D eigenvalue weighted by Gasteiger charge is 2.04. The molecule has 0 amide bonds. The molecule has 19 heavy (non-hydrogen) atoms. The van der Waals surface area contributed by atoms with E-state index < -0.39 is 0 Å². The van der Waals surface area contributed by atoms with Gasteiger partial charge in [-0.3, -0.25) is 0 Å². The quantitative estimate of drug-likeness (QED) is 0.783. The normalized spacial score (nSPS) is 22.9. The Kier molecular flexibility index (Phi) is 4.19. The van der Waals surface area contributed by atoms with E-state index in [1.165, 1.54) is 5.22 Å². The summed E-state index contributed by atoms with van der Waals surface area (Å²) in [5.41, 5.74) is 1.10. The average molecular weight is 250 g/mol. The standard InChI is InChI=1S/C18H18O/c1-4-8-16-12-11-15-9-6-7-10-17(15)13-14(3)19-18(16)5-2/h4-11,13H,2-3,12H2,1H3/b8-4-,15-11-,17-13-,18-16-. The van der Waals surface area contributed by atoms with E-state index in [1.54, 1.807) is 6.08 Å². The summed E-state index contributed by atoms with van der Waals surface area (Å²) >= 11 is 0. The minimum atomic E-state index is 0.625. The average Bonchev–Trinajstić information content (AvgIpc) is 2.48. The Labute approximate surface area is 114 Å². The lowest BCUT2D eigenvalue weighted by Crippen LogP contribution is -2.23. The van der Waals surface area contributed by atoms with Crippen LogP contribution in [0.2, 0.25) is 0 Å². The summed E-state index contributed by atoms with van der Waals surface area (Å²) in [7, 11) is 0. The summed E-state index contributed by atoms with van der Waals surface area (Å²) in [6, 6.07) is 8.22. The molecule has 1 aliphatic rings. The van der Waals surface area contributed by atoms with Gasteiger partial charge in [-0.15, -0.1) is 0 Å². The molecule has 1 heteroatoms. The van der Waals surface area contributed by atoms with E-state index in [1.807, 2.05) is 31.2 Å². The fourth-order valence-electron chi connectivity index (χ4n) is 2.08. The highest BCUT2D eigenvalue weighted by Crippen LogP contribution is 2.18. The molecule has 0 bridgehead atoms. The van der Waals surface area contributed by atoms with Crippen molar-refractivity contribution in [2.75, 3.05) is 0 Å². The highest BCUT2D eigenvalue weighted by molar-refractivity contribution is 5.48. The fourth-order valence-corrected chi connectivity index (χ4v) is 2.08. The maximum Gasteiger partial charge on any atom is 0.130 e. The van der Waals surface area contributed by atoms with Crippen LogP contribution >= 0.6 is 0 Å². The van der Waals surface area contributed by atoms with Crippen LogP contribution in [0, 0.1) is 0 Å². The lowest BCUT2D eigenvalue weighted by molar-refractivity contribution is 0.341. The van der Waals surface area contributed by atoms with Crippen LogP contribution in [0.1, 0.15) is 13.3 Å². The lowest BCUT2D eigenvalue weighted by atomic mass is 10.1. The van der Waals surface area contributed by atoms with E-state index in [9.17, 15) is 0 Å². The summed E-state index contributed by atoms with van der Waals surface area (Å²) in [6.07, 6.45) is 10.8. The Balaban J connectivity index is 2.62. The van der Waals surface area contributed by atoms with Crippen molar-refractivity contribution in [2.24, 2.45) is 0 Å². The molecular weight excluding hydrogens is 232 g/mol. The van der Waals surface area contributed by atoms with Crippen LogP contribution in [0.4, 0.5) is 0 Å². The zero-order valence-electron chi connectivity index (χ0n) is 11.2. The lowest BCUT2D eigenvalue weighted by Gasteiger charge is -2.09. The second-order valence-electron chi connectivity index (χ2n) is 4.34. The molecule has 0 fully saturated rings. The molecule has 0 atom stereocenters. The van der Waals surface area contributed by atoms with E-state index >= 15 is 0 Å². The molecule has 96 valence electrons. The number of rotatable bonds is 2. The van der Waals surface area contributed by atoms with E-state index in [-0.39, 0.29) is 0 Å². The Morgan fingerprint density at radius 2 is 1.95 bits per heavy atom. The molecule has 0 saturated carbocycles. The van der Waals surface area contributed by atoms with Crippen LogP contribution in [0.25, 0.3) is 12.2 Å². The second-order valence-corrected chi connectivity index (χ2v) is 4.34. The molecular formula is C18H18O. The van der Waals surface area contributed by atoms with Crippen LogP contribution in [0.3, 0.4) is 0 Å². The molecule has 0 unspecified atom stereocenters. The van der Waals surface area contributed by atoms with Gasteiger partial charge in [0, 0.05) is 0 Å². The number of fused-ring (bicyclic) bond motifs is 1. The smallest absolute Gasteiger partial charge is 0.130 e. The van der Waals surface area contributed by atoms with Crippen molar-refractivity contribution in [1.29, 1.82) is 0 Å². The van der Waals surface area contributed by atoms with Crippen molar-refractivity contribution in [3.05, 3.63) is 83.2 Å². The first-order chi connectivity index (χ1) is 9.24. The van der Waals surface area contributed by atoms with Crippen molar-refractivity contribution in [3.8, 4) is 0 Å². The van der Waals surface area contributed by atoms with Crippen molar-refractivity contribution in [2.45, 2.75) is 13.3 Å². The SMILES string of the molecule is C=C/C1=C(\C=C/C)C/C=c2/cccc/c2=C/C(=C)O1. The molecule has 1 heterocycles. The molecule has 0 aromatic heterocycles. The highest BCUT2D eigenvalue weighted by atomic mass is 16.5. The van der Waals surface area contributed by atoms with Crippen molar-refractivity contribution in [1.82, 2.24) is 0 Å². The first-order valence-electron chi connectivity index (χ1n) is 6.36. The van der Waals surface area contributed by atoms with Crippen LogP contribution in [-0.2, 0) is 4.74 Å². The Bertz CT molecular complexity index is 672. The molecule has 0 spiro atoms. The second kappa shape index (κ2) is 6.05. The van der Waals surface area contributed by atoms with Gasteiger partial charge in [-0.1, -0.05) is 55.7 Å². The van der Waals surface area contributed by atoms with Gasteiger partial charge in [0.1, 0.15) is 11.5 Å². The van der Waals surface area contributed by atoms with Gasteiger partial charge in [0.05, 0.1) is 0 Å².